The standard InChI is InChI=1S/C16H17F3N2O2S/c1-11-4-7-13(8-5-11)24(22,23)20-14-10-12(16(17,18)19)6-9-15(14)21(2)3/h4-10,20H,1-3H3. The van der Waals surface area contributed by atoms with Gasteiger partial charge in [-0.1, -0.05) is 17.7 Å². The molecule has 24 heavy (non-hydrogen) atoms. The van der Waals surface area contributed by atoms with E-state index >= 15 is 0 Å². The first-order valence-electron chi connectivity index (χ1n) is 6.99. The quantitative estimate of drug-likeness (QED) is 0.902. The van der Waals surface area contributed by atoms with Gasteiger partial charge in [0.1, 0.15) is 0 Å². The number of rotatable bonds is 4. The first kappa shape index (κ1) is 18.1. The van der Waals surface area contributed by atoms with Gasteiger partial charge in [-0.15, -0.1) is 0 Å². The average molecular weight is 358 g/mol. The van der Waals surface area contributed by atoms with E-state index in [2.05, 4.69) is 4.72 Å². The van der Waals surface area contributed by atoms with Crippen LogP contribution in [0.1, 0.15) is 11.1 Å². The number of nitrogens with zero attached hydrogens (tertiary/aromatic N) is 1. The minimum atomic E-state index is -4.56. The smallest absolute Gasteiger partial charge is 0.376 e. The summed E-state index contributed by atoms with van der Waals surface area (Å²) >= 11 is 0. The molecule has 0 unspecified atom stereocenters. The molecule has 0 saturated carbocycles. The van der Waals surface area contributed by atoms with Crippen molar-refractivity contribution in [3.05, 3.63) is 53.6 Å². The van der Waals surface area contributed by atoms with Gasteiger partial charge < -0.3 is 4.90 Å². The van der Waals surface area contributed by atoms with Crippen molar-refractivity contribution in [2.45, 2.75) is 18.0 Å². The molecule has 0 fully saturated rings. The molecule has 2 rings (SSSR count). The van der Waals surface area contributed by atoms with Crippen molar-refractivity contribution < 1.29 is 21.6 Å². The Morgan fingerprint density at radius 2 is 1.58 bits per heavy atom. The van der Waals surface area contributed by atoms with Crippen LogP contribution in [-0.2, 0) is 16.2 Å². The highest BCUT2D eigenvalue weighted by molar-refractivity contribution is 7.92. The summed E-state index contributed by atoms with van der Waals surface area (Å²) in [7, 11) is -0.758. The van der Waals surface area contributed by atoms with Crippen LogP contribution in [0.4, 0.5) is 24.5 Å². The van der Waals surface area contributed by atoms with Crippen LogP contribution >= 0.6 is 0 Å². The molecule has 0 radical (unpaired) electrons. The van der Waals surface area contributed by atoms with Gasteiger partial charge in [-0.2, -0.15) is 13.2 Å². The molecular weight excluding hydrogens is 341 g/mol. The number of benzene rings is 2. The average Bonchev–Trinajstić information content (AvgIpc) is 2.46. The highest BCUT2D eigenvalue weighted by Crippen LogP contribution is 2.35. The van der Waals surface area contributed by atoms with E-state index in [0.29, 0.717) is 5.69 Å². The molecule has 0 bridgehead atoms. The SMILES string of the molecule is Cc1ccc(S(=O)(=O)Nc2cc(C(F)(F)F)ccc2N(C)C)cc1. The number of alkyl halides is 3. The van der Waals surface area contributed by atoms with Gasteiger partial charge in [0.2, 0.25) is 0 Å². The number of nitrogens with one attached hydrogen (secondary N) is 1. The summed E-state index contributed by atoms with van der Waals surface area (Å²) in [6.45, 7) is 1.81. The Balaban J connectivity index is 2.48. The number of aryl methyl sites for hydroxylation is 1. The van der Waals surface area contributed by atoms with E-state index in [4.69, 9.17) is 0 Å². The zero-order valence-electron chi connectivity index (χ0n) is 13.3. The lowest BCUT2D eigenvalue weighted by Crippen LogP contribution is -2.18. The topological polar surface area (TPSA) is 49.4 Å². The van der Waals surface area contributed by atoms with E-state index in [1.807, 2.05) is 0 Å². The molecule has 0 aromatic heterocycles. The minimum Gasteiger partial charge on any atom is -0.376 e. The van der Waals surface area contributed by atoms with Gasteiger partial charge in [0.15, 0.2) is 0 Å². The minimum absolute atomic E-state index is 0.0183. The molecule has 0 saturated heterocycles. The lowest BCUT2D eigenvalue weighted by Gasteiger charge is -2.20. The Hall–Kier alpha value is -2.22. The van der Waals surface area contributed by atoms with Crippen LogP contribution in [0, 0.1) is 6.92 Å². The van der Waals surface area contributed by atoms with E-state index in [1.165, 1.54) is 23.1 Å². The van der Waals surface area contributed by atoms with Crippen LogP contribution in [-0.4, -0.2) is 22.5 Å². The predicted octanol–water partition coefficient (Wildman–Crippen LogP) is 3.88. The molecule has 130 valence electrons. The van der Waals surface area contributed by atoms with Gasteiger partial charge in [0, 0.05) is 14.1 Å². The zero-order chi connectivity index (χ0) is 18.1. The van der Waals surface area contributed by atoms with Crippen LogP contribution < -0.4 is 9.62 Å². The number of sulfonamides is 1. The van der Waals surface area contributed by atoms with Crippen molar-refractivity contribution in [1.29, 1.82) is 0 Å². The van der Waals surface area contributed by atoms with E-state index in [0.717, 1.165) is 17.7 Å². The van der Waals surface area contributed by atoms with Gasteiger partial charge in [-0.25, -0.2) is 8.42 Å². The fourth-order valence-corrected chi connectivity index (χ4v) is 3.17. The van der Waals surface area contributed by atoms with Crippen molar-refractivity contribution in [1.82, 2.24) is 0 Å². The Morgan fingerprint density at radius 3 is 2.08 bits per heavy atom. The van der Waals surface area contributed by atoms with Crippen LogP contribution in [0.3, 0.4) is 0 Å². The van der Waals surface area contributed by atoms with Gasteiger partial charge >= 0.3 is 6.18 Å². The fourth-order valence-electron chi connectivity index (χ4n) is 2.11. The van der Waals surface area contributed by atoms with E-state index in [9.17, 15) is 21.6 Å². The molecule has 0 atom stereocenters. The number of halogens is 3. The monoisotopic (exact) mass is 358 g/mol. The third-order valence-electron chi connectivity index (χ3n) is 3.38. The predicted molar refractivity (Wildman–Crippen MR) is 87.8 cm³/mol. The number of hydrogen-bond donors (Lipinski definition) is 1. The summed E-state index contributed by atoms with van der Waals surface area (Å²) in [4.78, 5) is 1.52. The first-order chi connectivity index (χ1) is 11.0. The Kier molecular flexibility index (Phi) is 4.80. The third kappa shape index (κ3) is 4.00. The summed E-state index contributed by atoms with van der Waals surface area (Å²) < 4.78 is 65.9. The summed E-state index contributed by atoms with van der Waals surface area (Å²) in [5.41, 5.74) is 0.158. The Labute approximate surface area is 139 Å². The van der Waals surface area contributed by atoms with E-state index < -0.39 is 21.8 Å². The van der Waals surface area contributed by atoms with Gasteiger partial charge in [0.05, 0.1) is 21.8 Å². The highest BCUT2D eigenvalue weighted by atomic mass is 32.2. The molecule has 0 aliphatic rings. The fraction of sp³-hybridized carbons (Fsp3) is 0.250. The molecule has 0 aliphatic heterocycles. The van der Waals surface area contributed by atoms with Crippen molar-refractivity contribution in [2.75, 3.05) is 23.7 Å². The molecule has 1 N–H and O–H groups in total. The molecule has 2 aromatic rings. The van der Waals surface area contributed by atoms with Crippen molar-refractivity contribution in [2.24, 2.45) is 0 Å². The number of anilines is 2. The summed E-state index contributed by atoms with van der Waals surface area (Å²) in [5, 5.41) is 0. The van der Waals surface area contributed by atoms with E-state index in [-0.39, 0.29) is 10.6 Å². The second-order valence-electron chi connectivity index (χ2n) is 5.54. The summed E-state index contributed by atoms with van der Waals surface area (Å²) in [6.07, 6.45) is -4.56. The summed E-state index contributed by atoms with van der Waals surface area (Å²) in [6, 6.07) is 8.98. The molecule has 2 aromatic carbocycles. The molecule has 0 heterocycles. The van der Waals surface area contributed by atoms with Gasteiger partial charge in [0.25, 0.3) is 10.0 Å². The second-order valence-corrected chi connectivity index (χ2v) is 7.23. The molecule has 0 spiro atoms. The maximum atomic E-state index is 12.9. The molecule has 4 nitrogen and oxygen atoms in total. The van der Waals surface area contributed by atoms with Gasteiger partial charge in [-0.3, -0.25) is 4.72 Å². The maximum Gasteiger partial charge on any atom is 0.416 e. The zero-order valence-corrected chi connectivity index (χ0v) is 14.2. The third-order valence-corrected chi connectivity index (χ3v) is 4.76. The maximum absolute atomic E-state index is 12.9. The molecular formula is C16H17F3N2O2S. The van der Waals surface area contributed by atoms with Crippen LogP contribution in [0.25, 0.3) is 0 Å². The Bertz CT molecular complexity index is 829. The van der Waals surface area contributed by atoms with Crippen molar-refractivity contribution in [3.8, 4) is 0 Å². The lowest BCUT2D eigenvalue weighted by atomic mass is 10.1. The van der Waals surface area contributed by atoms with Crippen molar-refractivity contribution in [3.63, 3.8) is 0 Å². The van der Waals surface area contributed by atoms with Crippen molar-refractivity contribution >= 4 is 21.4 Å². The largest absolute Gasteiger partial charge is 0.416 e. The Morgan fingerprint density at radius 1 is 1.00 bits per heavy atom. The molecule has 8 heteroatoms. The molecule has 0 aliphatic carbocycles. The van der Waals surface area contributed by atoms with Crippen LogP contribution in [0.5, 0.6) is 0 Å². The first-order valence-corrected chi connectivity index (χ1v) is 8.47. The number of hydrogen-bond acceptors (Lipinski definition) is 3. The normalized spacial score (nSPS) is 12.1. The summed E-state index contributed by atoms with van der Waals surface area (Å²) in [5.74, 6) is 0. The van der Waals surface area contributed by atoms with Crippen LogP contribution in [0.2, 0.25) is 0 Å². The van der Waals surface area contributed by atoms with E-state index in [1.54, 1.807) is 33.2 Å². The highest BCUT2D eigenvalue weighted by Gasteiger charge is 2.31. The second kappa shape index (κ2) is 6.35. The van der Waals surface area contributed by atoms with Gasteiger partial charge in [-0.05, 0) is 37.3 Å². The van der Waals surface area contributed by atoms with Crippen LogP contribution in [0.15, 0.2) is 47.4 Å². The lowest BCUT2D eigenvalue weighted by molar-refractivity contribution is -0.137. The molecule has 0 amide bonds.